The second-order valence-corrected chi connectivity index (χ2v) is 7.71. The van der Waals surface area contributed by atoms with Gasteiger partial charge in [-0.15, -0.1) is 24.2 Å². The summed E-state index contributed by atoms with van der Waals surface area (Å²) >= 11 is 1.65. The Bertz CT molecular complexity index is 632. The highest BCUT2D eigenvalue weighted by atomic mass is 35.5. The second-order valence-electron chi connectivity index (χ2n) is 6.83. The van der Waals surface area contributed by atoms with Crippen LogP contribution in [0.25, 0.3) is 0 Å². The zero-order chi connectivity index (χ0) is 19.1. The fraction of sp³-hybridized carbons (Fsp3) is 0.579. The molecule has 2 atom stereocenters. The monoisotopic (exact) mass is 415 g/mol. The maximum absolute atomic E-state index is 12.6. The molecule has 1 amide bonds. The van der Waals surface area contributed by atoms with E-state index in [2.05, 4.69) is 10.2 Å². The first-order valence-electron chi connectivity index (χ1n) is 9.01. The minimum Gasteiger partial charge on any atom is -0.480 e. The molecule has 0 aromatic heterocycles. The molecule has 0 radical (unpaired) electrons. The molecule has 0 saturated carbocycles. The van der Waals surface area contributed by atoms with Crippen LogP contribution >= 0.6 is 24.2 Å². The van der Waals surface area contributed by atoms with Crippen LogP contribution < -0.4 is 5.32 Å². The van der Waals surface area contributed by atoms with Crippen LogP contribution in [0.3, 0.4) is 0 Å². The number of amides is 1. The van der Waals surface area contributed by atoms with Gasteiger partial charge in [-0.25, -0.2) is 0 Å². The predicted molar refractivity (Wildman–Crippen MR) is 113 cm³/mol. The molecular formula is C19H30ClN3O3S. The van der Waals surface area contributed by atoms with Gasteiger partial charge >= 0.3 is 5.97 Å². The summed E-state index contributed by atoms with van der Waals surface area (Å²) in [7, 11) is 1.86. The number of aliphatic carboxylic acids is 1. The van der Waals surface area contributed by atoms with Gasteiger partial charge in [0.15, 0.2) is 0 Å². The number of nitrogens with zero attached hydrogens (tertiary/aromatic N) is 2. The molecule has 2 rings (SSSR count). The van der Waals surface area contributed by atoms with Gasteiger partial charge in [0.1, 0.15) is 0 Å². The lowest BCUT2D eigenvalue weighted by atomic mass is 10.1. The molecule has 0 spiro atoms. The van der Waals surface area contributed by atoms with Gasteiger partial charge in [0, 0.05) is 23.2 Å². The van der Waals surface area contributed by atoms with Crippen LogP contribution in [-0.2, 0) is 9.59 Å². The van der Waals surface area contributed by atoms with Crippen LogP contribution in [0.5, 0.6) is 0 Å². The highest BCUT2D eigenvalue weighted by Gasteiger charge is 2.26. The molecule has 2 unspecified atom stereocenters. The number of anilines is 1. The number of hydrogen-bond donors (Lipinski definition) is 2. The van der Waals surface area contributed by atoms with E-state index in [1.165, 1.54) is 0 Å². The van der Waals surface area contributed by atoms with Crippen LogP contribution in [0, 0.1) is 0 Å². The Kier molecular flexibility index (Phi) is 10.2. The second kappa shape index (κ2) is 11.5. The average molecular weight is 416 g/mol. The number of thioether (sulfide) groups is 1. The molecule has 1 aromatic rings. The highest BCUT2D eigenvalue weighted by Crippen LogP contribution is 2.21. The summed E-state index contributed by atoms with van der Waals surface area (Å²) in [6, 6.07) is 7.90. The summed E-state index contributed by atoms with van der Waals surface area (Å²) in [4.78, 5) is 28.8. The minimum absolute atomic E-state index is 0. The molecule has 1 aromatic carbocycles. The maximum Gasteiger partial charge on any atom is 0.317 e. The summed E-state index contributed by atoms with van der Waals surface area (Å²) in [5.74, 6) is -0.797. The van der Waals surface area contributed by atoms with Crippen LogP contribution in [0.4, 0.5) is 5.69 Å². The number of benzene rings is 1. The molecule has 1 saturated heterocycles. The van der Waals surface area contributed by atoms with Crippen LogP contribution in [0.2, 0.25) is 0 Å². The molecule has 1 fully saturated rings. The van der Waals surface area contributed by atoms with Gasteiger partial charge in [-0.05, 0) is 64.2 Å². The van der Waals surface area contributed by atoms with E-state index in [0.29, 0.717) is 0 Å². The van der Waals surface area contributed by atoms with Gasteiger partial charge in [-0.3, -0.25) is 19.4 Å². The van der Waals surface area contributed by atoms with Crippen molar-refractivity contribution >= 4 is 41.7 Å². The van der Waals surface area contributed by atoms with Crippen molar-refractivity contribution in [2.45, 2.75) is 43.2 Å². The number of hydrogen-bond acceptors (Lipinski definition) is 5. The van der Waals surface area contributed by atoms with E-state index < -0.39 is 5.97 Å². The van der Waals surface area contributed by atoms with E-state index >= 15 is 0 Å². The number of carboxylic acids is 1. The molecule has 6 nitrogen and oxygen atoms in total. The van der Waals surface area contributed by atoms with Crippen molar-refractivity contribution in [1.29, 1.82) is 0 Å². The number of carbonyl (C=O) groups is 2. The topological polar surface area (TPSA) is 72.9 Å². The van der Waals surface area contributed by atoms with E-state index in [1.807, 2.05) is 49.4 Å². The Morgan fingerprint density at radius 2 is 2.11 bits per heavy atom. The molecule has 2 N–H and O–H groups in total. The number of halogens is 1. The van der Waals surface area contributed by atoms with Crippen molar-refractivity contribution < 1.29 is 14.7 Å². The largest absolute Gasteiger partial charge is 0.480 e. The summed E-state index contributed by atoms with van der Waals surface area (Å²) < 4.78 is 0. The van der Waals surface area contributed by atoms with E-state index in [1.54, 1.807) is 11.8 Å². The van der Waals surface area contributed by atoms with Gasteiger partial charge in [-0.2, -0.15) is 0 Å². The van der Waals surface area contributed by atoms with Crippen molar-refractivity contribution in [2.75, 3.05) is 38.3 Å². The lowest BCUT2D eigenvalue weighted by Crippen LogP contribution is -2.43. The van der Waals surface area contributed by atoms with Crippen LogP contribution in [0.15, 0.2) is 29.2 Å². The molecule has 152 valence electrons. The first-order chi connectivity index (χ1) is 12.4. The van der Waals surface area contributed by atoms with Crippen LogP contribution in [-0.4, -0.2) is 71.8 Å². The SMILES string of the molecule is CSc1cccc(NC(=O)C(C)N2CCCC(N(C)CC(=O)O)CC2)c1.Cl. The van der Waals surface area contributed by atoms with Gasteiger partial charge in [-0.1, -0.05) is 6.07 Å². The molecular weight excluding hydrogens is 386 g/mol. The van der Waals surface area contributed by atoms with E-state index in [0.717, 1.165) is 42.9 Å². The fourth-order valence-corrected chi connectivity index (χ4v) is 3.84. The Balaban J connectivity index is 0.00000364. The Morgan fingerprint density at radius 3 is 2.78 bits per heavy atom. The van der Waals surface area contributed by atoms with Crippen molar-refractivity contribution in [3.63, 3.8) is 0 Å². The summed E-state index contributed by atoms with van der Waals surface area (Å²) in [5, 5.41) is 12.0. The van der Waals surface area contributed by atoms with Crippen molar-refractivity contribution in [3.05, 3.63) is 24.3 Å². The Morgan fingerprint density at radius 1 is 1.37 bits per heavy atom. The zero-order valence-electron chi connectivity index (χ0n) is 16.2. The summed E-state index contributed by atoms with van der Waals surface area (Å²) in [6.07, 6.45) is 4.82. The Hall–Kier alpha value is -1.28. The third-order valence-electron chi connectivity index (χ3n) is 5.00. The van der Waals surface area contributed by atoms with Crippen molar-refractivity contribution in [3.8, 4) is 0 Å². The first-order valence-corrected chi connectivity index (χ1v) is 10.2. The molecule has 8 heteroatoms. The van der Waals surface area contributed by atoms with E-state index in [9.17, 15) is 9.59 Å². The third kappa shape index (κ3) is 7.33. The quantitative estimate of drug-likeness (QED) is 0.667. The lowest BCUT2D eigenvalue weighted by molar-refractivity contribution is -0.138. The number of carbonyl (C=O) groups excluding carboxylic acids is 1. The molecule has 1 aliphatic rings. The van der Waals surface area contributed by atoms with E-state index in [4.69, 9.17) is 5.11 Å². The normalized spacial score (nSPS) is 19.0. The summed E-state index contributed by atoms with van der Waals surface area (Å²) in [6.45, 7) is 3.66. The molecule has 0 aliphatic carbocycles. The standard InChI is InChI=1S/C19H29N3O3S.ClH/c1-14(19(25)20-15-6-4-8-17(12-15)26-3)22-10-5-7-16(9-11-22)21(2)13-18(23)24;/h4,6,8,12,14,16H,5,7,9-11,13H2,1-3H3,(H,20,25)(H,23,24);1H. The fourth-order valence-electron chi connectivity index (χ4n) is 3.38. The third-order valence-corrected chi connectivity index (χ3v) is 5.73. The van der Waals surface area contributed by atoms with Crippen molar-refractivity contribution in [1.82, 2.24) is 9.80 Å². The average Bonchev–Trinajstić information content (AvgIpc) is 2.86. The maximum atomic E-state index is 12.6. The number of likely N-dealkylation sites (tertiary alicyclic amines) is 1. The number of carboxylic acid groups (broad SMARTS) is 1. The Labute approximate surface area is 172 Å². The van der Waals surface area contributed by atoms with Gasteiger partial charge < -0.3 is 10.4 Å². The molecule has 1 heterocycles. The number of nitrogens with one attached hydrogen (secondary N) is 1. The minimum atomic E-state index is -0.797. The van der Waals surface area contributed by atoms with Crippen molar-refractivity contribution in [2.24, 2.45) is 0 Å². The smallest absolute Gasteiger partial charge is 0.317 e. The molecule has 1 aliphatic heterocycles. The first kappa shape index (κ1) is 23.8. The number of likely N-dealkylation sites (N-methyl/N-ethyl adjacent to an activating group) is 1. The van der Waals surface area contributed by atoms with E-state index in [-0.39, 0.29) is 36.9 Å². The molecule has 27 heavy (non-hydrogen) atoms. The zero-order valence-corrected chi connectivity index (χ0v) is 17.8. The lowest BCUT2D eigenvalue weighted by Gasteiger charge is -2.28. The predicted octanol–water partition coefficient (Wildman–Crippen LogP) is 3.03. The number of rotatable bonds is 7. The highest BCUT2D eigenvalue weighted by molar-refractivity contribution is 7.98. The summed E-state index contributed by atoms with van der Waals surface area (Å²) in [5.41, 5.74) is 0.822. The van der Waals surface area contributed by atoms with Crippen LogP contribution in [0.1, 0.15) is 26.2 Å². The molecule has 0 bridgehead atoms. The van der Waals surface area contributed by atoms with Gasteiger partial charge in [0.2, 0.25) is 5.91 Å². The van der Waals surface area contributed by atoms with Gasteiger partial charge in [0.05, 0.1) is 12.6 Å². The van der Waals surface area contributed by atoms with Gasteiger partial charge in [0.25, 0.3) is 0 Å².